The Morgan fingerprint density at radius 1 is 1.69 bits per heavy atom. The standard InChI is InChI=1S/C10H17N3O2S/c1-7-10(3-6-16-7)8(14)12-9(13-10)11-4-5-15-2/h7H,3-6H2,1-2H3,(H2,11,12,13,14). The quantitative estimate of drug-likeness (QED) is 0.683. The third kappa shape index (κ3) is 1.91. The van der Waals surface area contributed by atoms with E-state index >= 15 is 0 Å². The van der Waals surface area contributed by atoms with Gasteiger partial charge in [0.15, 0.2) is 5.96 Å². The number of guanidine groups is 1. The highest BCUT2D eigenvalue weighted by Crippen LogP contribution is 2.37. The second-order valence-electron chi connectivity index (χ2n) is 4.04. The number of methoxy groups -OCH3 is 1. The van der Waals surface area contributed by atoms with Crippen LogP contribution in [0, 0.1) is 0 Å². The van der Waals surface area contributed by atoms with Crippen molar-refractivity contribution in [3.8, 4) is 0 Å². The third-order valence-corrected chi connectivity index (χ3v) is 4.44. The molecule has 2 saturated heterocycles. The van der Waals surface area contributed by atoms with Gasteiger partial charge < -0.3 is 10.1 Å². The molecule has 6 heteroatoms. The molecule has 0 aromatic heterocycles. The zero-order valence-electron chi connectivity index (χ0n) is 9.58. The van der Waals surface area contributed by atoms with E-state index in [1.165, 1.54) is 0 Å². The van der Waals surface area contributed by atoms with Crippen LogP contribution in [0.15, 0.2) is 4.99 Å². The molecule has 0 aliphatic carbocycles. The van der Waals surface area contributed by atoms with Gasteiger partial charge in [-0.25, -0.2) is 0 Å². The lowest BCUT2D eigenvalue weighted by Crippen LogP contribution is -2.51. The van der Waals surface area contributed by atoms with Gasteiger partial charge in [-0.05, 0) is 12.2 Å². The first-order chi connectivity index (χ1) is 7.69. The second-order valence-corrected chi connectivity index (χ2v) is 5.49. The van der Waals surface area contributed by atoms with Crippen LogP contribution in [-0.4, -0.2) is 48.7 Å². The summed E-state index contributed by atoms with van der Waals surface area (Å²) in [6.07, 6.45) is 0.869. The topological polar surface area (TPSA) is 62.7 Å². The van der Waals surface area contributed by atoms with Crippen LogP contribution in [0.4, 0.5) is 0 Å². The van der Waals surface area contributed by atoms with Gasteiger partial charge in [0.05, 0.1) is 13.2 Å². The molecule has 16 heavy (non-hydrogen) atoms. The van der Waals surface area contributed by atoms with E-state index in [0.717, 1.165) is 12.2 Å². The zero-order chi connectivity index (χ0) is 11.6. The lowest BCUT2D eigenvalue weighted by atomic mass is 9.93. The molecule has 0 aromatic rings. The largest absolute Gasteiger partial charge is 0.383 e. The van der Waals surface area contributed by atoms with Crippen molar-refractivity contribution < 1.29 is 9.53 Å². The number of hydrogen-bond acceptors (Lipinski definition) is 4. The van der Waals surface area contributed by atoms with Crippen molar-refractivity contribution in [3.05, 3.63) is 0 Å². The van der Waals surface area contributed by atoms with E-state index in [4.69, 9.17) is 4.74 Å². The monoisotopic (exact) mass is 243 g/mol. The van der Waals surface area contributed by atoms with Gasteiger partial charge in [-0.1, -0.05) is 6.92 Å². The number of amides is 1. The van der Waals surface area contributed by atoms with Gasteiger partial charge in [0, 0.05) is 12.4 Å². The normalized spacial score (nSPS) is 35.8. The molecule has 2 N–H and O–H groups in total. The summed E-state index contributed by atoms with van der Waals surface area (Å²) in [6, 6.07) is 0. The average molecular weight is 243 g/mol. The first-order valence-corrected chi connectivity index (χ1v) is 6.48. The van der Waals surface area contributed by atoms with Gasteiger partial charge in [-0.2, -0.15) is 11.8 Å². The van der Waals surface area contributed by atoms with Crippen LogP contribution in [0.3, 0.4) is 0 Å². The Bertz CT molecular complexity index is 321. The van der Waals surface area contributed by atoms with Crippen LogP contribution in [0.2, 0.25) is 0 Å². The number of nitrogens with one attached hydrogen (secondary N) is 2. The van der Waals surface area contributed by atoms with E-state index in [9.17, 15) is 4.79 Å². The number of rotatable bonds is 3. The fraction of sp³-hybridized carbons (Fsp3) is 0.800. The minimum Gasteiger partial charge on any atom is -0.383 e. The predicted octanol–water partition coefficient (Wildman–Crippen LogP) is -0.0276. The molecule has 2 fully saturated rings. The Morgan fingerprint density at radius 3 is 3.12 bits per heavy atom. The number of hydrogen-bond donors (Lipinski definition) is 2. The molecule has 90 valence electrons. The van der Waals surface area contributed by atoms with E-state index in [2.05, 4.69) is 22.5 Å². The Balaban J connectivity index is 2.04. The van der Waals surface area contributed by atoms with Crippen molar-refractivity contribution >= 4 is 23.6 Å². The fourth-order valence-electron chi connectivity index (χ4n) is 2.05. The van der Waals surface area contributed by atoms with Crippen LogP contribution in [0.1, 0.15) is 13.3 Å². The van der Waals surface area contributed by atoms with Crippen molar-refractivity contribution in [1.29, 1.82) is 0 Å². The number of carbonyl (C=O) groups excluding carboxylic acids is 1. The first-order valence-electron chi connectivity index (χ1n) is 5.43. The SMILES string of the molecule is COCCN=C1NC(=O)C2(CCSC2C)N1. The summed E-state index contributed by atoms with van der Waals surface area (Å²) in [7, 11) is 1.64. The highest BCUT2D eigenvalue weighted by molar-refractivity contribution is 8.00. The highest BCUT2D eigenvalue weighted by atomic mass is 32.2. The average Bonchev–Trinajstić information content (AvgIpc) is 2.75. The summed E-state index contributed by atoms with van der Waals surface area (Å²) in [5.74, 6) is 1.67. The van der Waals surface area contributed by atoms with Crippen molar-refractivity contribution in [1.82, 2.24) is 10.6 Å². The van der Waals surface area contributed by atoms with E-state index < -0.39 is 5.54 Å². The number of thioether (sulfide) groups is 1. The molecular weight excluding hydrogens is 226 g/mol. The Hall–Kier alpha value is -0.750. The van der Waals surface area contributed by atoms with Crippen molar-refractivity contribution in [2.45, 2.75) is 24.1 Å². The number of aliphatic imine (C=N–C) groups is 1. The van der Waals surface area contributed by atoms with Gasteiger partial charge in [0.1, 0.15) is 5.54 Å². The molecule has 2 atom stereocenters. The number of ether oxygens (including phenoxy) is 1. The molecule has 1 amide bonds. The second kappa shape index (κ2) is 4.63. The van der Waals surface area contributed by atoms with Crippen molar-refractivity contribution in [2.75, 3.05) is 26.0 Å². The zero-order valence-corrected chi connectivity index (χ0v) is 10.4. The van der Waals surface area contributed by atoms with E-state index in [-0.39, 0.29) is 5.91 Å². The van der Waals surface area contributed by atoms with Crippen LogP contribution in [0.5, 0.6) is 0 Å². The summed E-state index contributed by atoms with van der Waals surface area (Å²) >= 11 is 1.82. The van der Waals surface area contributed by atoms with E-state index in [1.807, 2.05) is 11.8 Å². The summed E-state index contributed by atoms with van der Waals surface area (Å²) in [6.45, 7) is 3.22. The molecular formula is C10H17N3O2S. The van der Waals surface area contributed by atoms with E-state index in [0.29, 0.717) is 24.4 Å². The third-order valence-electron chi connectivity index (χ3n) is 3.10. The maximum atomic E-state index is 12.0. The summed E-state index contributed by atoms with van der Waals surface area (Å²) in [4.78, 5) is 16.2. The van der Waals surface area contributed by atoms with Gasteiger partial charge in [-0.3, -0.25) is 15.1 Å². The van der Waals surface area contributed by atoms with Gasteiger partial charge in [-0.15, -0.1) is 0 Å². The Morgan fingerprint density at radius 2 is 2.50 bits per heavy atom. The molecule has 1 spiro atoms. The lowest BCUT2D eigenvalue weighted by Gasteiger charge is -2.24. The predicted molar refractivity (Wildman–Crippen MR) is 64.7 cm³/mol. The molecule has 2 aliphatic rings. The van der Waals surface area contributed by atoms with Crippen LogP contribution in [0.25, 0.3) is 0 Å². The molecule has 0 saturated carbocycles. The van der Waals surface area contributed by atoms with Crippen LogP contribution >= 0.6 is 11.8 Å². The maximum Gasteiger partial charge on any atom is 0.253 e. The summed E-state index contributed by atoms with van der Waals surface area (Å²) in [5, 5.41) is 6.34. The molecule has 2 rings (SSSR count). The molecule has 2 heterocycles. The minimum absolute atomic E-state index is 0.0566. The Kier molecular flexibility index (Phi) is 3.39. The van der Waals surface area contributed by atoms with Gasteiger partial charge in [0.25, 0.3) is 5.91 Å². The van der Waals surface area contributed by atoms with Crippen molar-refractivity contribution in [3.63, 3.8) is 0 Å². The molecule has 0 radical (unpaired) electrons. The number of carbonyl (C=O) groups is 1. The van der Waals surface area contributed by atoms with Crippen molar-refractivity contribution in [2.24, 2.45) is 4.99 Å². The molecule has 2 unspecified atom stereocenters. The molecule has 0 aromatic carbocycles. The highest BCUT2D eigenvalue weighted by Gasteiger charge is 2.52. The Labute approximate surface area is 99.4 Å². The molecule has 2 aliphatic heterocycles. The van der Waals surface area contributed by atoms with Crippen LogP contribution in [-0.2, 0) is 9.53 Å². The fourth-order valence-corrected chi connectivity index (χ4v) is 3.41. The van der Waals surface area contributed by atoms with Crippen LogP contribution < -0.4 is 10.6 Å². The lowest BCUT2D eigenvalue weighted by molar-refractivity contribution is -0.123. The smallest absolute Gasteiger partial charge is 0.253 e. The summed E-state index contributed by atoms with van der Waals surface area (Å²) < 4.78 is 4.91. The molecule has 5 nitrogen and oxygen atoms in total. The number of nitrogens with zero attached hydrogens (tertiary/aromatic N) is 1. The van der Waals surface area contributed by atoms with E-state index in [1.54, 1.807) is 7.11 Å². The van der Waals surface area contributed by atoms with Gasteiger partial charge in [0.2, 0.25) is 0 Å². The van der Waals surface area contributed by atoms with Gasteiger partial charge >= 0.3 is 0 Å². The first kappa shape index (κ1) is 11.7. The minimum atomic E-state index is -0.434. The summed E-state index contributed by atoms with van der Waals surface area (Å²) in [5.41, 5.74) is -0.434. The maximum absolute atomic E-state index is 12.0. The molecule has 0 bridgehead atoms.